The maximum absolute atomic E-state index is 13.1. The number of aromatic nitrogens is 6. The van der Waals surface area contributed by atoms with Crippen molar-refractivity contribution in [3.63, 3.8) is 0 Å². The smallest absolute Gasteiger partial charge is 0.262 e. The lowest BCUT2D eigenvalue weighted by Gasteiger charge is -2.03. The zero-order valence-electron chi connectivity index (χ0n) is 15.3. The quantitative estimate of drug-likeness (QED) is 0.342. The van der Waals surface area contributed by atoms with Crippen LogP contribution in [0.4, 0.5) is 4.39 Å². The second-order valence-electron chi connectivity index (χ2n) is 6.31. The standard InChI is InChI=1S/C20H13FN6O2S/c21-13-8-6-12(7-9-13)17-23-16(29-26-17)11-30-20-24-18-15(19(28)25-20)10-22-27(18)14-4-2-1-3-5-14/h1-10H,11H2,(H,24,25,28). The third-order valence-electron chi connectivity index (χ3n) is 4.32. The first kappa shape index (κ1) is 18.3. The predicted octanol–water partition coefficient (Wildman–Crippen LogP) is 3.59. The van der Waals surface area contributed by atoms with Crippen LogP contribution in [0, 0.1) is 5.82 Å². The lowest BCUT2D eigenvalue weighted by molar-refractivity contribution is 0.391. The number of hydrogen-bond donors (Lipinski definition) is 1. The van der Waals surface area contributed by atoms with Gasteiger partial charge in [-0.1, -0.05) is 35.1 Å². The zero-order chi connectivity index (χ0) is 20.5. The van der Waals surface area contributed by atoms with Gasteiger partial charge < -0.3 is 9.51 Å². The van der Waals surface area contributed by atoms with Crippen molar-refractivity contribution in [2.45, 2.75) is 10.9 Å². The number of nitrogens with zero attached hydrogens (tertiary/aromatic N) is 5. The predicted molar refractivity (Wildman–Crippen MR) is 109 cm³/mol. The molecule has 0 bridgehead atoms. The van der Waals surface area contributed by atoms with E-state index in [1.807, 2.05) is 30.3 Å². The summed E-state index contributed by atoms with van der Waals surface area (Å²) in [5.41, 5.74) is 1.64. The Bertz CT molecular complexity index is 1380. The van der Waals surface area contributed by atoms with Gasteiger partial charge in [0.05, 0.1) is 17.6 Å². The van der Waals surface area contributed by atoms with Gasteiger partial charge in [0.1, 0.15) is 11.2 Å². The highest BCUT2D eigenvalue weighted by molar-refractivity contribution is 7.98. The van der Waals surface area contributed by atoms with Crippen LogP contribution >= 0.6 is 11.8 Å². The molecule has 0 unspecified atom stereocenters. The summed E-state index contributed by atoms with van der Waals surface area (Å²) < 4.78 is 19.9. The second kappa shape index (κ2) is 7.56. The fourth-order valence-electron chi connectivity index (χ4n) is 2.88. The number of H-pyrrole nitrogens is 1. The zero-order valence-corrected chi connectivity index (χ0v) is 16.1. The second-order valence-corrected chi connectivity index (χ2v) is 7.27. The average Bonchev–Trinajstić information content (AvgIpc) is 3.41. The number of benzene rings is 2. The van der Waals surface area contributed by atoms with E-state index in [1.165, 1.54) is 30.1 Å². The fourth-order valence-corrected chi connectivity index (χ4v) is 3.58. The van der Waals surface area contributed by atoms with Crippen LogP contribution in [0.1, 0.15) is 5.89 Å². The molecule has 0 radical (unpaired) electrons. The maximum Gasteiger partial charge on any atom is 0.262 e. The molecule has 0 aliphatic rings. The van der Waals surface area contributed by atoms with E-state index < -0.39 is 0 Å². The molecule has 10 heteroatoms. The first-order valence-electron chi connectivity index (χ1n) is 8.92. The monoisotopic (exact) mass is 420 g/mol. The number of rotatable bonds is 5. The van der Waals surface area contributed by atoms with Gasteiger partial charge in [-0.25, -0.2) is 14.1 Å². The first-order chi connectivity index (χ1) is 14.7. The normalized spacial score (nSPS) is 11.2. The highest BCUT2D eigenvalue weighted by Gasteiger charge is 2.14. The van der Waals surface area contributed by atoms with Crippen LogP contribution in [0.3, 0.4) is 0 Å². The number of hydrogen-bond acceptors (Lipinski definition) is 7. The summed E-state index contributed by atoms with van der Waals surface area (Å²) in [6.45, 7) is 0. The molecule has 0 aliphatic heterocycles. The molecule has 0 fully saturated rings. The molecule has 0 spiro atoms. The van der Waals surface area contributed by atoms with Crippen molar-refractivity contribution in [1.29, 1.82) is 0 Å². The number of fused-ring (bicyclic) bond motifs is 1. The Morgan fingerprint density at radius 1 is 1.07 bits per heavy atom. The fraction of sp³-hybridized carbons (Fsp3) is 0.0500. The first-order valence-corrected chi connectivity index (χ1v) is 9.91. The van der Waals surface area contributed by atoms with Gasteiger partial charge in [0.25, 0.3) is 5.56 Å². The summed E-state index contributed by atoms with van der Waals surface area (Å²) >= 11 is 1.26. The summed E-state index contributed by atoms with van der Waals surface area (Å²) in [6, 6.07) is 15.3. The summed E-state index contributed by atoms with van der Waals surface area (Å²) in [7, 11) is 0. The molecule has 0 atom stereocenters. The Morgan fingerprint density at radius 2 is 1.87 bits per heavy atom. The molecule has 0 saturated heterocycles. The molecule has 3 heterocycles. The molecule has 8 nitrogen and oxygen atoms in total. The summed E-state index contributed by atoms with van der Waals surface area (Å²) in [4.78, 5) is 24.0. The van der Waals surface area contributed by atoms with Crippen molar-refractivity contribution in [1.82, 2.24) is 29.9 Å². The van der Waals surface area contributed by atoms with Crippen molar-refractivity contribution in [3.05, 3.63) is 82.9 Å². The summed E-state index contributed by atoms with van der Waals surface area (Å²) in [5, 5.41) is 9.01. The molecule has 1 N–H and O–H groups in total. The van der Waals surface area contributed by atoms with E-state index in [2.05, 4.69) is 25.2 Å². The lowest BCUT2D eigenvalue weighted by atomic mass is 10.2. The van der Waals surface area contributed by atoms with Crippen molar-refractivity contribution in [3.8, 4) is 17.1 Å². The molecule has 2 aromatic carbocycles. The van der Waals surface area contributed by atoms with E-state index >= 15 is 0 Å². The molecule has 30 heavy (non-hydrogen) atoms. The molecule has 148 valence electrons. The number of para-hydroxylation sites is 1. The topological polar surface area (TPSA) is 102 Å². The number of thioether (sulfide) groups is 1. The molecule has 0 saturated carbocycles. The molecule has 0 aliphatic carbocycles. The minimum Gasteiger partial charge on any atom is -0.338 e. The van der Waals surface area contributed by atoms with Gasteiger partial charge in [-0.05, 0) is 36.4 Å². The van der Waals surface area contributed by atoms with Crippen molar-refractivity contribution in [2.24, 2.45) is 0 Å². The van der Waals surface area contributed by atoms with E-state index in [9.17, 15) is 9.18 Å². The van der Waals surface area contributed by atoms with E-state index in [0.29, 0.717) is 39.2 Å². The number of nitrogens with one attached hydrogen (secondary N) is 1. The Labute approximate surface area is 172 Å². The maximum atomic E-state index is 13.1. The largest absolute Gasteiger partial charge is 0.338 e. The average molecular weight is 420 g/mol. The van der Waals surface area contributed by atoms with E-state index in [-0.39, 0.29) is 11.4 Å². The van der Waals surface area contributed by atoms with Crippen LogP contribution in [0.5, 0.6) is 0 Å². The van der Waals surface area contributed by atoms with Gasteiger partial charge in [0.2, 0.25) is 11.7 Å². The lowest BCUT2D eigenvalue weighted by Crippen LogP contribution is -2.09. The van der Waals surface area contributed by atoms with Crippen LogP contribution < -0.4 is 5.56 Å². The third-order valence-corrected chi connectivity index (χ3v) is 5.18. The van der Waals surface area contributed by atoms with Crippen molar-refractivity contribution < 1.29 is 8.91 Å². The van der Waals surface area contributed by atoms with Gasteiger partial charge in [-0.3, -0.25) is 4.79 Å². The minimum absolute atomic E-state index is 0.276. The molecule has 5 aromatic rings. The molecular formula is C20H13FN6O2S. The van der Waals surface area contributed by atoms with Crippen molar-refractivity contribution in [2.75, 3.05) is 0 Å². The van der Waals surface area contributed by atoms with Crippen LogP contribution in [-0.4, -0.2) is 29.9 Å². The van der Waals surface area contributed by atoms with Crippen LogP contribution in [-0.2, 0) is 5.75 Å². The number of halogens is 1. The Morgan fingerprint density at radius 3 is 2.67 bits per heavy atom. The number of aromatic amines is 1. The highest BCUT2D eigenvalue weighted by atomic mass is 32.2. The van der Waals surface area contributed by atoms with Gasteiger partial charge in [0, 0.05) is 5.56 Å². The summed E-state index contributed by atoms with van der Waals surface area (Å²) in [6.07, 6.45) is 1.50. The van der Waals surface area contributed by atoms with Gasteiger partial charge in [-0.15, -0.1) is 0 Å². The van der Waals surface area contributed by atoms with Gasteiger partial charge >= 0.3 is 0 Å². The minimum atomic E-state index is -0.335. The molecule has 0 amide bonds. The van der Waals surface area contributed by atoms with Gasteiger partial charge in [0.15, 0.2) is 10.8 Å². The van der Waals surface area contributed by atoms with Crippen LogP contribution in [0.2, 0.25) is 0 Å². The Kier molecular flexibility index (Phi) is 4.60. The highest BCUT2D eigenvalue weighted by Crippen LogP contribution is 2.22. The van der Waals surface area contributed by atoms with Crippen molar-refractivity contribution >= 4 is 22.8 Å². The van der Waals surface area contributed by atoms with Crippen LogP contribution in [0.25, 0.3) is 28.1 Å². The molecular weight excluding hydrogens is 407 g/mol. The molecule has 3 aromatic heterocycles. The Hall–Kier alpha value is -3.79. The third kappa shape index (κ3) is 3.48. The summed E-state index contributed by atoms with van der Waals surface area (Å²) in [5.74, 6) is 0.698. The molecule has 5 rings (SSSR count). The van der Waals surface area contributed by atoms with Gasteiger partial charge in [-0.2, -0.15) is 10.1 Å². The van der Waals surface area contributed by atoms with E-state index in [1.54, 1.807) is 16.8 Å². The van der Waals surface area contributed by atoms with Crippen LogP contribution in [0.15, 0.2) is 75.3 Å². The Balaban J connectivity index is 1.40. The SMILES string of the molecule is O=c1[nH]c(SCc2nc(-c3ccc(F)cc3)no2)nc2c1cnn2-c1ccccc1. The van der Waals surface area contributed by atoms with E-state index in [0.717, 1.165) is 5.69 Å². The van der Waals surface area contributed by atoms with E-state index in [4.69, 9.17) is 4.52 Å².